The van der Waals surface area contributed by atoms with Gasteiger partial charge in [-0.3, -0.25) is 0 Å². The van der Waals surface area contributed by atoms with E-state index in [1.165, 1.54) is 17.0 Å². The van der Waals surface area contributed by atoms with Crippen molar-refractivity contribution in [2.24, 2.45) is 5.10 Å². The van der Waals surface area contributed by atoms with E-state index >= 15 is 0 Å². The van der Waals surface area contributed by atoms with Crippen molar-refractivity contribution in [1.82, 2.24) is 14.9 Å². The standard InChI is InChI=1S/C18H18N4O3S/c1-11-6-12(2)8-14(7-11)25-10-16-20-21-18(26)22(16)19-9-13-4-3-5-15(23)17(13)24/h3-9,23-24H,10H2,1-2H3,(H,21,26)/b19-9+. The lowest BCUT2D eigenvalue weighted by Gasteiger charge is -2.07. The van der Waals surface area contributed by atoms with Crippen molar-refractivity contribution in [2.45, 2.75) is 20.5 Å². The number of para-hydroxylation sites is 1. The van der Waals surface area contributed by atoms with Crippen LogP contribution in [0.1, 0.15) is 22.5 Å². The zero-order valence-electron chi connectivity index (χ0n) is 14.3. The van der Waals surface area contributed by atoms with E-state index in [1.807, 2.05) is 26.0 Å². The number of aromatic nitrogens is 3. The van der Waals surface area contributed by atoms with Gasteiger partial charge in [0.05, 0.1) is 6.21 Å². The van der Waals surface area contributed by atoms with Crippen LogP contribution in [-0.4, -0.2) is 31.3 Å². The number of H-pyrrole nitrogens is 1. The lowest BCUT2D eigenvalue weighted by atomic mass is 10.1. The second kappa shape index (κ2) is 7.40. The summed E-state index contributed by atoms with van der Waals surface area (Å²) in [6.07, 6.45) is 1.39. The molecule has 134 valence electrons. The number of benzene rings is 2. The maximum absolute atomic E-state index is 9.84. The Hall–Kier alpha value is -3.13. The van der Waals surface area contributed by atoms with Gasteiger partial charge in [-0.2, -0.15) is 14.9 Å². The SMILES string of the molecule is Cc1cc(C)cc(OCc2n[nH]c(=S)n2/N=C/c2cccc(O)c2O)c1. The summed E-state index contributed by atoms with van der Waals surface area (Å²) in [5.74, 6) is 0.741. The van der Waals surface area contributed by atoms with Gasteiger partial charge in [0.15, 0.2) is 17.3 Å². The summed E-state index contributed by atoms with van der Waals surface area (Å²) in [7, 11) is 0. The molecule has 3 aromatic rings. The van der Waals surface area contributed by atoms with Crippen LogP contribution in [0.5, 0.6) is 17.2 Å². The molecule has 8 heteroatoms. The molecular formula is C18H18N4O3S. The van der Waals surface area contributed by atoms with Crippen molar-refractivity contribution in [2.75, 3.05) is 0 Å². The van der Waals surface area contributed by atoms with Crippen molar-refractivity contribution < 1.29 is 14.9 Å². The number of hydrogen-bond acceptors (Lipinski definition) is 6. The Balaban J connectivity index is 1.81. The molecule has 3 N–H and O–H groups in total. The summed E-state index contributed by atoms with van der Waals surface area (Å²) in [4.78, 5) is 0. The molecule has 0 aliphatic carbocycles. The predicted molar refractivity (Wildman–Crippen MR) is 100 cm³/mol. The molecule has 0 saturated carbocycles. The highest BCUT2D eigenvalue weighted by molar-refractivity contribution is 7.71. The Kier molecular flexibility index (Phi) is 5.04. The summed E-state index contributed by atoms with van der Waals surface area (Å²) in [5, 5.41) is 30.4. The van der Waals surface area contributed by atoms with Gasteiger partial charge >= 0.3 is 0 Å². The van der Waals surface area contributed by atoms with Gasteiger partial charge < -0.3 is 14.9 Å². The van der Waals surface area contributed by atoms with Crippen LogP contribution in [0.15, 0.2) is 41.5 Å². The number of nitrogens with zero attached hydrogens (tertiary/aromatic N) is 3. The number of hydrogen-bond donors (Lipinski definition) is 3. The molecule has 1 heterocycles. The summed E-state index contributed by atoms with van der Waals surface area (Å²) in [6.45, 7) is 4.17. The van der Waals surface area contributed by atoms with Gasteiger partial charge in [-0.15, -0.1) is 0 Å². The second-order valence-corrected chi connectivity index (χ2v) is 6.22. The minimum absolute atomic E-state index is 0.166. The largest absolute Gasteiger partial charge is 0.504 e. The summed E-state index contributed by atoms with van der Waals surface area (Å²) < 4.78 is 7.49. The molecule has 1 aromatic heterocycles. The molecule has 0 aliphatic rings. The molecule has 0 unspecified atom stereocenters. The zero-order chi connectivity index (χ0) is 18.7. The lowest BCUT2D eigenvalue weighted by Crippen LogP contribution is -2.04. The number of aromatic amines is 1. The third kappa shape index (κ3) is 3.92. The fraction of sp³-hybridized carbons (Fsp3) is 0.167. The number of aryl methyl sites for hydroxylation is 2. The van der Waals surface area contributed by atoms with Crippen molar-refractivity contribution in [3.8, 4) is 17.2 Å². The first-order valence-electron chi connectivity index (χ1n) is 7.87. The molecular weight excluding hydrogens is 352 g/mol. The van der Waals surface area contributed by atoms with Gasteiger partial charge in [0.25, 0.3) is 0 Å². The molecule has 2 aromatic carbocycles. The molecule has 0 fully saturated rings. The fourth-order valence-corrected chi connectivity index (χ4v) is 2.67. The van der Waals surface area contributed by atoms with Gasteiger partial charge in [-0.1, -0.05) is 12.1 Å². The number of rotatable bonds is 5. The first kappa shape index (κ1) is 17.7. The Bertz CT molecular complexity index is 1000. The molecule has 26 heavy (non-hydrogen) atoms. The van der Waals surface area contributed by atoms with E-state index in [4.69, 9.17) is 17.0 Å². The molecule has 0 saturated heterocycles. The highest BCUT2D eigenvalue weighted by atomic mass is 32.1. The Morgan fingerprint density at radius 2 is 1.96 bits per heavy atom. The Morgan fingerprint density at radius 1 is 1.23 bits per heavy atom. The van der Waals surface area contributed by atoms with Gasteiger partial charge in [-0.05, 0) is 61.5 Å². The molecule has 0 spiro atoms. The van der Waals surface area contributed by atoms with Crippen molar-refractivity contribution >= 4 is 18.4 Å². The normalized spacial score (nSPS) is 11.2. The highest BCUT2D eigenvalue weighted by Crippen LogP contribution is 2.26. The number of nitrogens with one attached hydrogen (secondary N) is 1. The van der Waals surface area contributed by atoms with Crippen molar-refractivity contribution in [3.05, 3.63) is 63.7 Å². The monoisotopic (exact) mass is 370 g/mol. The van der Waals surface area contributed by atoms with Gasteiger partial charge in [0, 0.05) is 5.56 Å². The summed E-state index contributed by atoms with van der Waals surface area (Å²) in [5.41, 5.74) is 2.57. The van der Waals surface area contributed by atoms with Crippen LogP contribution in [0, 0.1) is 18.6 Å². The number of phenolic OH excluding ortho intramolecular Hbond substituents is 2. The number of aromatic hydroxyl groups is 2. The van der Waals surface area contributed by atoms with Gasteiger partial charge in [0.1, 0.15) is 12.4 Å². The van der Waals surface area contributed by atoms with E-state index in [1.54, 1.807) is 12.1 Å². The van der Waals surface area contributed by atoms with E-state index in [0.29, 0.717) is 16.2 Å². The van der Waals surface area contributed by atoms with E-state index in [9.17, 15) is 10.2 Å². The van der Waals surface area contributed by atoms with Crippen LogP contribution in [-0.2, 0) is 6.61 Å². The van der Waals surface area contributed by atoms with Crippen molar-refractivity contribution in [3.63, 3.8) is 0 Å². The summed E-state index contributed by atoms with van der Waals surface area (Å²) in [6, 6.07) is 10.6. The van der Waals surface area contributed by atoms with E-state index < -0.39 is 0 Å². The average molecular weight is 370 g/mol. The van der Waals surface area contributed by atoms with Crippen LogP contribution < -0.4 is 4.74 Å². The topological polar surface area (TPSA) is 95.7 Å². The van der Waals surface area contributed by atoms with Crippen LogP contribution in [0.4, 0.5) is 0 Å². The van der Waals surface area contributed by atoms with Gasteiger partial charge in [0.2, 0.25) is 4.77 Å². The number of ether oxygens (including phenoxy) is 1. The quantitative estimate of drug-likeness (QED) is 0.363. The van der Waals surface area contributed by atoms with E-state index in [0.717, 1.165) is 16.9 Å². The molecule has 0 bridgehead atoms. The molecule has 0 amide bonds. The molecule has 7 nitrogen and oxygen atoms in total. The first-order chi connectivity index (χ1) is 12.4. The van der Waals surface area contributed by atoms with Crippen LogP contribution in [0.2, 0.25) is 0 Å². The summed E-state index contributed by atoms with van der Waals surface area (Å²) >= 11 is 5.18. The first-order valence-corrected chi connectivity index (χ1v) is 8.27. The maximum Gasteiger partial charge on any atom is 0.216 e. The van der Waals surface area contributed by atoms with E-state index in [2.05, 4.69) is 21.4 Å². The highest BCUT2D eigenvalue weighted by Gasteiger charge is 2.08. The maximum atomic E-state index is 9.84. The fourth-order valence-electron chi connectivity index (χ4n) is 2.47. The second-order valence-electron chi connectivity index (χ2n) is 5.83. The minimum atomic E-state index is -0.251. The molecule has 3 rings (SSSR count). The smallest absolute Gasteiger partial charge is 0.216 e. The third-order valence-electron chi connectivity index (χ3n) is 3.64. The molecule has 0 aliphatic heterocycles. The van der Waals surface area contributed by atoms with Crippen LogP contribution in [0.3, 0.4) is 0 Å². The minimum Gasteiger partial charge on any atom is -0.504 e. The average Bonchev–Trinajstić information content (AvgIpc) is 2.93. The van der Waals surface area contributed by atoms with Crippen LogP contribution in [0.25, 0.3) is 0 Å². The molecule has 0 radical (unpaired) electrons. The Morgan fingerprint density at radius 3 is 2.69 bits per heavy atom. The predicted octanol–water partition coefficient (Wildman–Crippen LogP) is 3.43. The third-order valence-corrected chi connectivity index (χ3v) is 3.90. The van der Waals surface area contributed by atoms with Crippen molar-refractivity contribution in [1.29, 1.82) is 0 Å². The Labute approximate surface area is 155 Å². The molecule has 0 atom stereocenters. The van der Waals surface area contributed by atoms with E-state index in [-0.39, 0.29) is 18.1 Å². The zero-order valence-corrected chi connectivity index (χ0v) is 15.1. The number of phenols is 2. The lowest BCUT2D eigenvalue weighted by molar-refractivity contribution is 0.290. The van der Waals surface area contributed by atoms with Gasteiger partial charge in [-0.25, -0.2) is 5.10 Å². The van der Waals surface area contributed by atoms with Crippen LogP contribution >= 0.6 is 12.2 Å².